The molecule has 9 heteroatoms. The number of hydrogen-bond donors (Lipinski definition) is 0. The standard InChI is InChI=1S/C29H39F3N4O2/c1-22-16-35(18-24-7-9-27(10-8-24)28(37)38-3)17-23(2)36(22)20-26-6-4-5-25(15-26)19-33-11-13-34(14-12-33)21-29(30,31)32/h4-10,15,22-23H,11-14,16-21H2,1-3H3/t22-,23+. The summed E-state index contributed by atoms with van der Waals surface area (Å²) in [4.78, 5) is 20.4. The molecular weight excluding hydrogens is 493 g/mol. The SMILES string of the molecule is COC(=O)c1ccc(CN2C[C@@H](C)N(Cc3cccc(CN4CCN(CC(F)(F)F)CC4)c3)[C@@H](C)C2)cc1. The fourth-order valence-electron chi connectivity index (χ4n) is 5.68. The molecule has 2 atom stereocenters. The van der Waals surface area contributed by atoms with E-state index in [-0.39, 0.29) is 5.97 Å². The van der Waals surface area contributed by atoms with Gasteiger partial charge >= 0.3 is 12.1 Å². The molecule has 2 aromatic carbocycles. The van der Waals surface area contributed by atoms with Gasteiger partial charge in [-0.3, -0.25) is 19.6 Å². The van der Waals surface area contributed by atoms with Crippen LogP contribution in [0, 0.1) is 0 Å². The lowest BCUT2D eigenvalue weighted by Gasteiger charge is -2.44. The molecular formula is C29H39F3N4O2. The zero-order valence-corrected chi connectivity index (χ0v) is 22.6. The molecule has 0 N–H and O–H groups in total. The van der Waals surface area contributed by atoms with Crippen LogP contribution in [0.25, 0.3) is 0 Å². The molecule has 2 aliphatic heterocycles. The van der Waals surface area contributed by atoms with Crippen LogP contribution >= 0.6 is 0 Å². The van der Waals surface area contributed by atoms with Crippen LogP contribution < -0.4 is 0 Å². The minimum atomic E-state index is -4.13. The van der Waals surface area contributed by atoms with Gasteiger partial charge < -0.3 is 4.74 Å². The summed E-state index contributed by atoms with van der Waals surface area (Å²) in [5.74, 6) is -0.319. The zero-order chi connectivity index (χ0) is 27.3. The molecule has 6 nitrogen and oxygen atoms in total. The predicted octanol–water partition coefficient (Wildman–Crippen LogP) is 4.25. The van der Waals surface area contributed by atoms with Crippen molar-refractivity contribution in [3.05, 3.63) is 70.8 Å². The molecule has 0 bridgehead atoms. The Morgan fingerprint density at radius 3 is 1.95 bits per heavy atom. The Balaban J connectivity index is 1.28. The van der Waals surface area contributed by atoms with Crippen molar-refractivity contribution in [2.45, 2.75) is 51.7 Å². The first-order chi connectivity index (χ1) is 18.1. The van der Waals surface area contributed by atoms with Crippen molar-refractivity contribution in [3.63, 3.8) is 0 Å². The molecule has 0 aliphatic carbocycles. The topological polar surface area (TPSA) is 39.3 Å². The number of carbonyl (C=O) groups excluding carboxylic acids is 1. The van der Waals surface area contributed by atoms with E-state index >= 15 is 0 Å². The number of carbonyl (C=O) groups is 1. The van der Waals surface area contributed by atoms with Crippen LogP contribution in [0.3, 0.4) is 0 Å². The van der Waals surface area contributed by atoms with Crippen molar-refractivity contribution < 1.29 is 22.7 Å². The fourth-order valence-corrected chi connectivity index (χ4v) is 5.68. The van der Waals surface area contributed by atoms with E-state index in [4.69, 9.17) is 4.74 Å². The van der Waals surface area contributed by atoms with Crippen LogP contribution in [0.1, 0.15) is 40.9 Å². The highest BCUT2D eigenvalue weighted by molar-refractivity contribution is 5.89. The summed E-state index contributed by atoms with van der Waals surface area (Å²) in [6, 6.07) is 17.0. The van der Waals surface area contributed by atoms with E-state index in [0.29, 0.717) is 43.8 Å². The molecule has 38 heavy (non-hydrogen) atoms. The van der Waals surface area contributed by atoms with Crippen molar-refractivity contribution >= 4 is 5.97 Å². The maximum atomic E-state index is 12.7. The lowest BCUT2D eigenvalue weighted by atomic mass is 10.0. The molecule has 0 radical (unpaired) electrons. The van der Waals surface area contributed by atoms with Gasteiger partial charge in [-0.1, -0.05) is 36.4 Å². The van der Waals surface area contributed by atoms with E-state index in [2.05, 4.69) is 52.8 Å². The molecule has 208 valence electrons. The fraction of sp³-hybridized carbons (Fsp3) is 0.552. The normalized spacial score (nSPS) is 22.5. The highest BCUT2D eigenvalue weighted by Gasteiger charge is 2.32. The van der Waals surface area contributed by atoms with E-state index in [1.54, 1.807) is 0 Å². The van der Waals surface area contributed by atoms with Gasteiger partial charge in [0.1, 0.15) is 0 Å². The van der Waals surface area contributed by atoms with Crippen molar-refractivity contribution in [2.75, 3.05) is 52.9 Å². The van der Waals surface area contributed by atoms with Gasteiger partial charge in [0.2, 0.25) is 0 Å². The van der Waals surface area contributed by atoms with E-state index in [9.17, 15) is 18.0 Å². The van der Waals surface area contributed by atoms with Gasteiger partial charge in [0.05, 0.1) is 19.2 Å². The number of esters is 1. The number of nitrogens with zero attached hydrogens (tertiary/aromatic N) is 4. The average Bonchev–Trinajstić information content (AvgIpc) is 2.87. The summed E-state index contributed by atoms with van der Waals surface area (Å²) < 4.78 is 42.8. The number of hydrogen-bond acceptors (Lipinski definition) is 6. The molecule has 2 saturated heterocycles. The molecule has 4 rings (SSSR count). The number of rotatable bonds is 8. The lowest BCUT2D eigenvalue weighted by molar-refractivity contribution is -0.149. The number of halogens is 3. The number of methoxy groups -OCH3 is 1. The third kappa shape index (κ3) is 8.02. The van der Waals surface area contributed by atoms with Gasteiger partial charge in [0, 0.05) is 71.0 Å². The van der Waals surface area contributed by atoms with E-state index in [1.807, 2.05) is 24.3 Å². The Morgan fingerprint density at radius 2 is 1.37 bits per heavy atom. The highest BCUT2D eigenvalue weighted by Crippen LogP contribution is 2.22. The second kappa shape index (κ2) is 12.6. The number of ether oxygens (including phenoxy) is 1. The summed E-state index contributed by atoms with van der Waals surface area (Å²) in [6.45, 7) is 10.3. The second-order valence-corrected chi connectivity index (χ2v) is 10.7. The van der Waals surface area contributed by atoms with Crippen LogP contribution in [0.5, 0.6) is 0 Å². The van der Waals surface area contributed by atoms with Gasteiger partial charge in [-0.05, 0) is 42.7 Å². The van der Waals surface area contributed by atoms with Crippen molar-refractivity contribution in [2.24, 2.45) is 0 Å². The minimum absolute atomic E-state index is 0.319. The largest absolute Gasteiger partial charge is 0.465 e. The van der Waals surface area contributed by atoms with Crippen molar-refractivity contribution in [1.82, 2.24) is 19.6 Å². The zero-order valence-electron chi connectivity index (χ0n) is 22.6. The average molecular weight is 533 g/mol. The summed E-state index contributed by atoms with van der Waals surface area (Å²) >= 11 is 0. The van der Waals surface area contributed by atoms with Crippen molar-refractivity contribution in [1.29, 1.82) is 0 Å². The number of benzene rings is 2. The maximum absolute atomic E-state index is 12.7. The summed E-state index contributed by atoms with van der Waals surface area (Å²) in [5.41, 5.74) is 4.22. The molecule has 0 spiro atoms. The molecule has 2 aromatic rings. The first-order valence-corrected chi connectivity index (χ1v) is 13.3. The number of piperazine rings is 2. The molecule has 0 aromatic heterocycles. The molecule has 2 fully saturated rings. The summed E-state index contributed by atoms with van der Waals surface area (Å²) in [7, 11) is 1.39. The van der Waals surface area contributed by atoms with Crippen LogP contribution in [0.15, 0.2) is 48.5 Å². The first kappa shape index (κ1) is 28.5. The van der Waals surface area contributed by atoms with E-state index < -0.39 is 12.7 Å². The Kier molecular flexibility index (Phi) is 9.46. The van der Waals surface area contributed by atoms with Gasteiger partial charge in [-0.2, -0.15) is 13.2 Å². The minimum Gasteiger partial charge on any atom is -0.465 e. The molecule has 2 aliphatic rings. The van der Waals surface area contributed by atoms with Crippen LogP contribution in [0.2, 0.25) is 0 Å². The Hall–Kier alpha value is -2.46. The third-order valence-electron chi connectivity index (χ3n) is 7.59. The lowest BCUT2D eigenvalue weighted by Crippen LogP contribution is -2.55. The predicted molar refractivity (Wildman–Crippen MR) is 142 cm³/mol. The van der Waals surface area contributed by atoms with Crippen LogP contribution in [-0.2, 0) is 24.4 Å². The smallest absolute Gasteiger partial charge is 0.401 e. The van der Waals surface area contributed by atoms with E-state index in [1.165, 1.54) is 28.7 Å². The third-order valence-corrected chi connectivity index (χ3v) is 7.59. The van der Waals surface area contributed by atoms with Gasteiger partial charge in [0.25, 0.3) is 0 Å². The highest BCUT2D eigenvalue weighted by atomic mass is 19.4. The Bertz CT molecular complexity index is 1040. The molecule has 2 heterocycles. The Labute approximate surface area is 223 Å². The Morgan fingerprint density at radius 1 is 0.816 bits per heavy atom. The van der Waals surface area contributed by atoms with Gasteiger partial charge in [-0.15, -0.1) is 0 Å². The quantitative estimate of drug-likeness (QED) is 0.474. The van der Waals surface area contributed by atoms with Gasteiger partial charge in [0.15, 0.2) is 0 Å². The van der Waals surface area contributed by atoms with Crippen molar-refractivity contribution in [3.8, 4) is 0 Å². The van der Waals surface area contributed by atoms with Crippen LogP contribution in [0.4, 0.5) is 13.2 Å². The monoisotopic (exact) mass is 532 g/mol. The summed E-state index contributed by atoms with van der Waals surface area (Å²) in [5, 5.41) is 0. The number of alkyl halides is 3. The second-order valence-electron chi connectivity index (χ2n) is 10.7. The first-order valence-electron chi connectivity index (χ1n) is 13.3. The van der Waals surface area contributed by atoms with Crippen LogP contribution in [-0.4, -0.2) is 96.8 Å². The summed E-state index contributed by atoms with van der Waals surface area (Å²) in [6.07, 6.45) is -4.13. The molecule has 0 saturated carbocycles. The maximum Gasteiger partial charge on any atom is 0.401 e. The molecule has 0 unspecified atom stereocenters. The van der Waals surface area contributed by atoms with E-state index in [0.717, 1.165) is 32.7 Å². The van der Waals surface area contributed by atoms with Gasteiger partial charge in [-0.25, -0.2) is 4.79 Å². The molecule has 0 amide bonds.